The molecule has 25 heavy (non-hydrogen) atoms. The maximum Gasteiger partial charge on any atom is 0.346 e. The number of halogens is 1. The zero-order valence-electron chi connectivity index (χ0n) is 13.9. The van der Waals surface area contributed by atoms with Crippen molar-refractivity contribution in [2.45, 2.75) is 20.0 Å². The molecule has 2 N–H and O–H groups in total. The third-order valence-electron chi connectivity index (χ3n) is 3.26. The Labute approximate surface area is 145 Å². The lowest BCUT2D eigenvalue weighted by Gasteiger charge is -2.19. The molecule has 0 spiro atoms. The van der Waals surface area contributed by atoms with Crippen LogP contribution < -0.4 is 10.1 Å². The van der Waals surface area contributed by atoms with Crippen LogP contribution in [0.3, 0.4) is 0 Å². The number of aliphatic carboxylic acids is 1. The van der Waals surface area contributed by atoms with Gasteiger partial charge in [-0.2, -0.15) is 0 Å². The van der Waals surface area contributed by atoms with Crippen LogP contribution in [0.2, 0.25) is 0 Å². The molecule has 0 radical (unpaired) electrons. The van der Waals surface area contributed by atoms with Crippen molar-refractivity contribution < 1.29 is 32.2 Å². The Morgan fingerprint density at radius 1 is 1.24 bits per heavy atom. The second-order valence-electron chi connectivity index (χ2n) is 5.04. The first-order chi connectivity index (χ1) is 11.7. The summed E-state index contributed by atoms with van der Waals surface area (Å²) in [5.41, 5.74) is 0. The number of hydrogen-bond donors (Lipinski definition) is 2. The van der Waals surface area contributed by atoms with Crippen molar-refractivity contribution in [1.29, 1.82) is 0 Å². The summed E-state index contributed by atoms with van der Waals surface area (Å²) in [6.45, 7) is 3.33. The number of hydrogen-bond acceptors (Lipinski definition) is 5. The SMILES string of the molecule is CCN(CC)S(=O)(=O)CC(=O)NCC(Oc1ccc(F)cc1)C(=O)O. The van der Waals surface area contributed by atoms with Crippen LogP contribution in [0, 0.1) is 5.82 Å². The van der Waals surface area contributed by atoms with Gasteiger partial charge in [0, 0.05) is 13.1 Å². The number of carbonyl (C=O) groups is 2. The predicted molar refractivity (Wildman–Crippen MR) is 88.2 cm³/mol. The van der Waals surface area contributed by atoms with Crippen LogP contribution in [-0.4, -0.2) is 61.2 Å². The monoisotopic (exact) mass is 376 g/mol. The number of sulfonamides is 1. The first-order valence-corrected chi connectivity index (χ1v) is 9.20. The van der Waals surface area contributed by atoms with Gasteiger partial charge in [0.1, 0.15) is 17.3 Å². The van der Waals surface area contributed by atoms with Gasteiger partial charge in [-0.15, -0.1) is 0 Å². The molecule has 0 aliphatic heterocycles. The fourth-order valence-corrected chi connectivity index (χ4v) is 3.39. The quantitative estimate of drug-likeness (QED) is 0.613. The molecule has 1 atom stereocenters. The van der Waals surface area contributed by atoms with Gasteiger partial charge in [0.25, 0.3) is 0 Å². The van der Waals surface area contributed by atoms with Gasteiger partial charge < -0.3 is 15.2 Å². The van der Waals surface area contributed by atoms with Crippen LogP contribution in [-0.2, 0) is 19.6 Å². The van der Waals surface area contributed by atoms with E-state index in [0.29, 0.717) is 0 Å². The molecule has 1 aromatic carbocycles. The van der Waals surface area contributed by atoms with E-state index in [9.17, 15) is 22.4 Å². The van der Waals surface area contributed by atoms with Crippen LogP contribution in [0.25, 0.3) is 0 Å². The number of benzene rings is 1. The molecular weight excluding hydrogens is 355 g/mol. The highest BCUT2D eigenvalue weighted by atomic mass is 32.2. The van der Waals surface area contributed by atoms with Crippen molar-refractivity contribution in [1.82, 2.24) is 9.62 Å². The van der Waals surface area contributed by atoms with E-state index >= 15 is 0 Å². The largest absolute Gasteiger partial charge is 0.478 e. The Morgan fingerprint density at radius 2 is 1.80 bits per heavy atom. The number of ether oxygens (including phenoxy) is 1. The maximum absolute atomic E-state index is 12.8. The van der Waals surface area contributed by atoms with Crippen LogP contribution in [0.4, 0.5) is 4.39 Å². The minimum atomic E-state index is -3.76. The van der Waals surface area contributed by atoms with Crippen LogP contribution >= 0.6 is 0 Å². The summed E-state index contributed by atoms with van der Waals surface area (Å²) >= 11 is 0. The topological polar surface area (TPSA) is 113 Å². The summed E-state index contributed by atoms with van der Waals surface area (Å²) in [5.74, 6) is -3.36. The standard InChI is InChI=1S/C15H21FN2O6S/c1-3-18(4-2)25(22,23)10-14(19)17-9-13(15(20)21)24-12-7-5-11(16)6-8-12/h5-8,13H,3-4,9-10H2,1-2H3,(H,17,19)(H,20,21). The van der Waals surface area contributed by atoms with Crippen molar-refractivity contribution in [3.63, 3.8) is 0 Å². The van der Waals surface area contributed by atoms with E-state index in [0.717, 1.165) is 16.4 Å². The predicted octanol–water partition coefficient (Wildman–Crippen LogP) is 0.446. The second kappa shape index (κ2) is 9.33. The fraction of sp³-hybridized carbons (Fsp3) is 0.467. The molecule has 0 aliphatic carbocycles. The van der Waals surface area contributed by atoms with Crippen molar-refractivity contribution >= 4 is 21.9 Å². The highest BCUT2D eigenvalue weighted by Crippen LogP contribution is 2.13. The van der Waals surface area contributed by atoms with E-state index in [4.69, 9.17) is 9.84 Å². The number of nitrogens with one attached hydrogen (secondary N) is 1. The average Bonchev–Trinajstić information content (AvgIpc) is 2.53. The van der Waals surface area contributed by atoms with E-state index in [1.165, 1.54) is 12.1 Å². The first kappa shape index (κ1) is 20.8. The Kier molecular flexibility index (Phi) is 7.78. The van der Waals surface area contributed by atoms with Gasteiger partial charge in [-0.25, -0.2) is 21.9 Å². The molecule has 1 unspecified atom stereocenters. The summed E-state index contributed by atoms with van der Waals surface area (Å²) in [5, 5.41) is 11.4. The minimum absolute atomic E-state index is 0.110. The number of carboxylic acids is 1. The summed E-state index contributed by atoms with van der Waals surface area (Å²) in [6.07, 6.45) is -1.44. The van der Waals surface area contributed by atoms with Gasteiger partial charge >= 0.3 is 5.97 Å². The van der Waals surface area contributed by atoms with Crippen LogP contribution in [0.15, 0.2) is 24.3 Å². The third kappa shape index (κ3) is 6.67. The van der Waals surface area contributed by atoms with Gasteiger partial charge in [-0.3, -0.25) is 4.79 Å². The van der Waals surface area contributed by atoms with E-state index in [1.807, 2.05) is 0 Å². The van der Waals surface area contributed by atoms with Crippen molar-refractivity contribution in [3.05, 3.63) is 30.1 Å². The lowest BCUT2D eigenvalue weighted by atomic mass is 10.3. The molecule has 1 amide bonds. The van der Waals surface area contributed by atoms with Gasteiger partial charge in [-0.05, 0) is 24.3 Å². The molecule has 0 heterocycles. The molecule has 0 aliphatic rings. The van der Waals surface area contributed by atoms with E-state index < -0.39 is 46.1 Å². The second-order valence-corrected chi connectivity index (χ2v) is 7.01. The molecule has 0 saturated heterocycles. The third-order valence-corrected chi connectivity index (χ3v) is 5.19. The van der Waals surface area contributed by atoms with Gasteiger partial charge in [0.15, 0.2) is 0 Å². The lowest BCUT2D eigenvalue weighted by Crippen LogP contribution is -2.44. The Hall–Kier alpha value is -2.20. The summed E-state index contributed by atoms with van der Waals surface area (Å²) in [4.78, 5) is 23.0. The summed E-state index contributed by atoms with van der Waals surface area (Å²) in [7, 11) is -3.76. The molecule has 8 nitrogen and oxygen atoms in total. The van der Waals surface area contributed by atoms with Crippen LogP contribution in [0.5, 0.6) is 5.75 Å². The highest BCUT2D eigenvalue weighted by Gasteiger charge is 2.25. The fourth-order valence-electron chi connectivity index (χ4n) is 1.99. The average molecular weight is 376 g/mol. The smallest absolute Gasteiger partial charge is 0.346 e. The van der Waals surface area contributed by atoms with Crippen molar-refractivity contribution in [2.24, 2.45) is 0 Å². The van der Waals surface area contributed by atoms with Gasteiger partial charge in [-0.1, -0.05) is 13.8 Å². The molecule has 10 heteroatoms. The maximum atomic E-state index is 12.8. The number of nitrogens with zero attached hydrogens (tertiary/aromatic N) is 1. The summed E-state index contributed by atoms with van der Waals surface area (Å²) < 4.78 is 43.1. The molecule has 0 fully saturated rings. The molecular formula is C15H21FN2O6S. The van der Waals surface area contributed by atoms with Gasteiger partial charge in [0.2, 0.25) is 22.0 Å². The highest BCUT2D eigenvalue weighted by molar-refractivity contribution is 7.89. The number of carboxylic acid groups (broad SMARTS) is 1. The first-order valence-electron chi connectivity index (χ1n) is 7.59. The van der Waals surface area contributed by atoms with E-state index in [-0.39, 0.29) is 18.8 Å². The molecule has 0 saturated carbocycles. The molecule has 0 bridgehead atoms. The molecule has 1 rings (SSSR count). The minimum Gasteiger partial charge on any atom is -0.478 e. The van der Waals surface area contributed by atoms with Crippen molar-refractivity contribution in [2.75, 3.05) is 25.4 Å². The van der Waals surface area contributed by atoms with Gasteiger partial charge in [0.05, 0.1) is 6.54 Å². The Balaban J connectivity index is 2.64. The number of carbonyl (C=O) groups excluding carboxylic acids is 1. The lowest BCUT2D eigenvalue weighted by molar-refractivity contribution is -0.145. The van der Waals surface area contributed by atoms with Crippen molar-refractivity contribution in [3.8, 4) is 5.75 Å². The zero-order valence-corrected chi connectivity index (χ0v) is 14.8. The zero-order chi connectivity index (χ0) is 19.0. The van der Waals surface area contributed by atoms with Crippen LogP contribution in [0.1, 0.15) is 13.8 Å². The normalized spacial score (nSPS) is 12.6. The Morgan fingerprint density at radius 3 is 2.28 bits per heavy atom. The number of amides is 1. The Bertz CT molecular complexity index is 688. The molecule has 140 valence electrons. The van der Waals surface area contributed by atoms with E-state index in [1.54, 1.807) is 13.8 Å². The number of rotatable bonds is 10. The van der Waals surface area contributed by atoms with E-state index in [2.05, 4.69) is 5.32 Å². The molecule has 0 aromatic heterocycles. The summed E-state index contributed by atoms with van der Waals surface area (Å²) in [6, 6.07) is 4.70. The molecule has 1 aromatic rings.